The monoisotopic (exact) mass is 302 g/mol. The Morgan fingerprint density at radius 1 is 1.00 bits per heavy atom. The maximum Gasteiger partial charge on any atom is 0.123 e. The molecule has 0 radical (unpaired) electrons. The topological polar surface area (TPSA) is 59.1 Å². The molecule has 0 bridgehead atoms. The molecule has 0 aliphatic rings. The summed E-state index contributed by atoms with van der Waals surface area (Å²) in [4.78, 5) is 3.99. The maximum absolute atomic E-state index is 9.33. The molecule has 94 valence electrons. The molecular formula is C12H9Cl3N2O. The van der Waals surface area contributed by atoms with E-state index in [9.17, 15) is 5.11 Å². The fourth-order valence-electron chi connectivity index (χ4n) is 1.62. The van der Waals surface area contributed by atoms with Crippen LogP contribution in [0.5, 0.6) is 0 Å². The summed E-state index contributed by atoms with van der Waals surface area (Å²) < 4.78 is 0. The first-order valence-corrected chi connectivity index (χ1v) is 6.16. The van der Waals surface area contributed by atoms with Crippen molar-refractivity contribution in [1.29, 1.82) is 0 Å². The zero-order chi connectivity index (χ0) is 13.3. The highest BCUT2D eigenvalue weighted by atomic mass is 35.5. The Morgan fingerprint density at radius 3 is 2.33 bits per heavy atom. The van der Waals surface area contributed by atoms with Gasteiger partial charge in [0.2, 0.25) is 0 Å². The number of aliphatic hydroxyl groups excluding tert-OH is 1. The number of benzene rings is 1. The van der Waals surface area contributed by atoms with Crippen LogP contribution in [0, 0.1) is 0 Å². The van der Waals surface area contributed by atoms with Gasteiger partial charge in [0.1, 0.15) is 5.82 Å². The molecule has 3 N–H and O–H groups in total. The Morgan fingerprint density at radius 2 is 1.67 bits per heavy atom. The molecule has 2 rings (SSSR count). The quantitative estimate of drug-likeness (QED) is 0.830. The number of hydrogen-bond acceptors (Lipinski definition) is 3. The molecular weight excluding hydrogens is 295 g/mol. The highest BCUT2D eigenvalue weighted by molar-refractivity contribution is 6.44. The summed E-state index contributed by atoms with van der Waals surface area (Å²) in [6.07, 6.45) is 1.55. The van der Waals surface area contributed by atoms with Crippen LogP contribution in [0.25, 0.3) is 11.1 Å². The number of aliphatic hydroxyl groups is 1. The minimum atomic E-state index is -0.168. The molecule has 0 spiro atoms. The Labute approximate surface area is 119 Å². The van der Waals surface area contributed by atoms with Gasteiger partial charge in [0, 0.05) is 17.3 Å². The van der Waals surface area contributed by atoms with Gasteiger partial charge in [-0.25, -0.2) is 4.98 Å². The smallest absolute Gasteiger partial charge is 0.123 e. The summed E-state index contributed by atoms with van der Waals surface area (Å²) >= 11 is 18.0. The molecule has 0 saturated heterocycles. The Hall–Kier alpha value is -1.00. The fourth-order valence-corrected chi connectivity index (χ4v) is 2.27. The van der Waals surface area contributed by atoms with E-state index in [1.54, 1.807) is 24.4 Å². The molecule has 0 aliphatic carbocycles. The normalized spacial score (nSPS) is 10.7. The van der Waals surface area contributed by atoms with Crippen LogP contribution >= 0.6 is 34.8 Å². The van der Waals surface area contributed by atoms with Gasteiger partial charge in [-0.3, -0.25) is 0 Å². The van der Waals surface area contributed by atoms with Gasteiger partial charge in [0.25, 0.3) is 0 Å². The number of hydrogen-bond donors (Lipinski definition) is 2. The summed E-state index contributed by atoms with van der Waals surface area (Å²) in [6, 6.07) is 4.78. The molecule has 0 amide bonds. The first-order chi connectivity index (χ1) is 8.52. The zero-order valence-corrected chi connectivity index (χ0v) is 11.4. The molecule has 6 heteroatoms. The number of nitrogens with two attached hydrogens (primary N) is 1. The lowest BCUT2D eigenvalue weighted by molar-refractivity contribution is 0.282. The number of nitrogens with zero attached hydrogens (tertiary/aromatic N) is 1. The van der Waals surface area contributed by atoms with Crippen molar-refractivity contribution in [3.8, 4) is 11.1 Å². The van der Waals surface area contributed by atoms with Gasteiger partial charge in [-0.2, -0.15) is 0 Å². The molecule has 0 atom stereocenters. The highest BCUT2D eigenvalue weighted by Gasteiger charge is 2.12. The molecule has 2 aromatic rings. The molecule has 1 heterocycles. The van der Waals surface area contributed by atoms with Gasteiger partial charge < -0.3 is 10.8 Å². The van der Waals surface area contributed by atoms with Gasteiger partial charge in [-0.15, -0.1) is 0 Å². The first-order valence-electron chi connectivity index (χ1n) is 5.03. The molecule has 0 aliphatic heterocycles. The van der Waals surface area contributed by atoms with Crippen LogP contribution in [0.4, 0.5) is 5.82 Å². The third-order valence-corrected chi connectivity index (χ3v) is 3.52. The van der Waals surface area contributed by atoms with Crippen molar-refractivity contribution >= 4 is 40.6 Å². The van der Waals surface area contributed by atoms with Crippen molar-refractivity contribution in [1.82, 2.24) is 4.98 Å². The lowest BCUT2D eigenvalue weighted by Crippen LogP contribution is -1.96. The third-order valence-electron chi connectivity index (χ3n) is 2.48. The van der Waals surface area contributed by atoms with Crippen molar-refractivity contribution in [3.63, 3.8) is 0 Å². The SMILES string of the molecule is Nc1cc(CO)c(-c2cc(Cl)c(Cl)cc2Cl)cn1. The van der Waals surface area contributed by atoms with Crippen LogP contribution in [-0.2, 0) is 6.61 Å². The van der Waals surface area contributed by atoms with Crippen molar-refractivity contribution in [2.24, 2.45) is 0 Å². The standard InChI is InChI=1S/C12H9Cl3N2O/c13-9-3-11(15)10(14)2-7(9)8-4-17-12(16)1-6(8)5-18/h1-4,18H,5H2,(H2,16,17). The van der Waals surface area contributed by atoms with Crippen molar-refractivity contribution in [2.75, 3.05) is 5.73 Å². The molecule has 18 heavy (non-hydrogen) atoms. The summed E-state index contributed by atoms with van der Waals surface area (Å²) in [6.45, 7) is -0.168. The zero-order valence-electron chi connectivity index (χ0n) is 9.12. The van der Waals surface area contributed by atoms with Crippen molar-refractivity contribution in [2.45, 2.75) is 6.61 Å². The second-order valence-electron chi connectivity index (χ2n) is 3.67. The average molecular weight is 304 g/mol. The van der Waals surface area contributed by atoms with E-state index in [0.717, 1.165) is 0 Å². The lowest BCUT2D eigenvalue weighted by Gasteiger charge is -2.11. The van der Waals surface area contributed by atoms with Gasteiger partial charge in [0.15, 0.2) is 0 Å². The van der Waals surface area contributed by atoms with Crippen LogP contribution in [0.2, 0.25) is 15.1 Å². The number of pyridine rings is 1. The molecule has 1 aromatic heterocycles. The summed E-state index contributed by atoms with van der Waals surface area (Å²) in [7, 11) is 0. The molecule has 0 unspecified atom stereocenters. The van der Waals surface area contributed by atoms with E-state index in [0.29, 0.717) is 37.6 Å². The van der Waals surface area contributed by atoms with E-state index in [2.05, 4.69) is 4.98 Å². The number of aromatic nitrogens is 1. The van der Waals surface area contributed by atoms with Crippen LogP contribution in [0.15, 0.2) is 24.4 Å². The average Bonchev–Trinajstić information content (AvgIpc) is 2.34. The molecule has 0 saturated carbocycles. The van der Waals surface area contributed by atoms with Crippen molar-refractivity contribution in [3.05, 3.63) is 45.0 Å². The fraction of sp³-hybridized carbons (Fsp3) is 0.0833. The predicted octanol–water partition coefficient (Wildman–Crippen LogP) is 3.78. The minimum absolute atomic E-state index is 0.168. The Bertz CT molecular complexity index is 602. The van der Waals surface area contributed by atoms with E-state index >= 15 is 0 Å². The first kappa shape index (κ1) is 13.4. The summed E-state index contributed by atoms with van der Waals surface area (Å²) in [5.41, 5.74) is 7.53. The molecule has 0 fully saturated rings. The van der Waals surface area contributed by atoms with Crippen LogP contribution in [-0.4, -0.2) is 10.1 Å². The van der Waals surface area contributed by atoms with Crippen molar-refractivity contribution < 1.29 is 5.11 Å². The van der Waals surface area contributed by atoms with E-state index in [1.807, 2.05) is 0 Å². The summed E-state index contributed by atoms with van der Waals surface area (Å²) in [5.74, 6) is 0.332. The number of halogens is 3. The van der Waals surface area contributed by atoms with E-state index < -0.39 is 0 Å². The number of anilines is 1. The van der Waals surface area contributed by atoms with E-state index in [4.69, 9.17) is 40.5 Å². The highest BCUT2D eigenvalue weighted by Crippen LogP contribution is 2.36. The number of rotatable bonds is 2. The Kier molecular flexibility index (Phi) is 3.97. The second-order valence-corrected chi connectivity index (χ2v) is 4.89. The molecule has 3 nitrogen and oxygen atoms in total. The van der Waals surface area contributed by atoms with Gasteiger partial charge in [0.05, 0.1) is 21.7 Å². The minimum Gasteiger partial charge on any atom is -0.392 e. The molecule has 1 aromatic carbocycles. The van der Waals surface area contributed by atoms with Gasteiger partial charge in [-0.05, 0) is 23.8 Å². The van der Waals surface area contributed by atoms with E-state index in [1.165, 1.54) is 0 Å². The van der Waals surface area contributed by atoms with Crippen LogP contribution in [0.3, 0.4) is 0 Å². The van der Waals surface area contributed by atoms with Gasteiger partial charge >= 0.3 is 0 Å². The third kappa shape index (κ3) is 2.54. The lowest BCUT2D eigenvalue weighted by atomic mass is 10.0. The van der Waals surface area contributed by atoms with Gasteiger partial charge in [-0.1, -0.05) is 34.8 Å². The van der Waals surface area contributed by atoms with E-state index in [-0.39, 0.29) is 6.61 Å². The predicted molar refractivity (Wildman–Crippen MR) is 75.0 cm³/mol. The largest absolute Gasteiger partial charge is 0.392 e. The maximum atomic E-state index is 9.33. The second kappa shape index (κ2) is 5.33. The number of nitrogen functional groups attached to an aromatic ring is 1. The van der Waals surface area contributed by atoms with Crippen LogP contribution in [0.1, 0.15) is 5.56 Å². The Balaban J connectivity index is 2.65. The van der Waals surface area contributed by atoms with Crippen LogP contribution < -0.4 is 5.73 Å². The summed E-state index contributed by atoms with van der Waals surface area (Å²) in [5, 5.41) is 10.5.